The smallest absolute Gasteiger partial charge is 0.178 e. The standard InChI is InChI=1S/C17H21N3O3S/c1-5-24(22,23)17-9-14(10(2)6-12(17)4)19-20-15-7-11(3)16(21)8-13(15)18/h6-9,21H,5,18H2,1-4H3. The lowest BCUT2D eigenvalue weighted by atomic mass is 10.1. The van der Waals surface area contributed by atoms with Crippen molar-refractivity contribution in [2.24, 2.45) is 10.2 Å². The number of nitrogen functional groups attached to an aromatic ring is 1. The highest BCUT2D eigenvalue weighted by molar-refractivity contribution is 7.91. The number of anilines is 1. The van der Waals surface area contributed by atoms with Crippen molar-refractivity contribution in [1.82, 2.24) is 0 Å². The summed E-state index contributed by atoms with van der Waals surface area (Å²) >= 11 is 0. The fourth-order valence-corrected chi connectivity index (χ4v) is 3.46. The normalized spacial score (nSPS) is 12.0. The summed E-state index contributed by atoms with van der Waals surface area (Å²) in [5.41, 5.74) is 9.16. The number of azo groups is 1. The number of hydrogen-bond donors (Lipinski definition) is 2. The quantitative estimate of drug-likeness (QED) is 0.641. The van der Waals surface area contributed by atoms with E-state index < -0.39 is 9.84 Å². The van der Waals surface area contributed by atoms with Crippen LogP contribution in [-0.4, -0.2) is 19.3 Å². The number of sulfone groups is 1. The van der Waals surface area contributed by atoms with Crippen LogP contribution in [0.25, 0.3) is 0 Å². The van der Waals surface area contributed by atoms with Gasteiger partial charge in [0.2, 0.25) is 0 Å². The van der Waals surface area contributed by atoms with Gasteiger partial charge in [0.25, 0.3) is 0 Å². The molecule has 128 valence electrons. The highest BCUT2D eigenvalue weighted by atomic mass is 32.2. The number of benzene rings is 2. The third-order valence-electron chi connectivity index (χ3n) is 3.82. The largest absolute Gasteiger partial charge is 0.508 e. The van der Waals surface area contributed by atoms with Gasteiger partial charge in [-0.3, -0.25) is 0 Å². The number of phenolic OH excluding ortho intramolecular Hbond substituents is 1. The minimum Gasteiger partial charge on any atom is -0.508 e. The van der Waals surface area contributed by atoms with Crippen molar-refractivity contribution in [3.63, 3.8) is 0 Å². The molecule has 2 rings (SSSR count). The molecule has 0 fully saturated rings. The molecule has 0 amide bonds. The van der Waals surface area contributed by atoms with E-state index in [-0.39, 0.29) is 16.4 Å². The summed E-state index contributed by atoms with van der Waals surface area (Å²) in [6, 6.07) is 6.36. The fourth-order valence-electron chi connectivity index (χ4n) is 2.31. The zero-order valence-corrected chi connectivity index (χ0v) is 15.0. The van der Waals surface area contributed by atoms with Gasteiger partial charge in [0.15, 0.2) is 9.84 Å². The molecule has 2 aromatic rings. The number of aryl methyl sites for hydroxylation is 3. The number of rotatable bonds is 4. The molecule has 0 heterocycles. The van der Waals surface area contributed by atoms with Gasteiger partial charge in [0, 0.05) is 6.07 Å². The minimum absolute atomic E-state index is 0.0254. The third kappa shape index (κ3) is 3.56. The molecule has 7 heteroatoms. The van der Waals surface area contributed by atoms with E-state index in [2.05, 4.69) is 10.2 Å². The van der Waals surface area contributed by atoms with Crippen molar-refractivity contribution < 1.29 is 13.5 Å². The van der Waals surface area contributed by atoms with E-state index in [4.69, 9.17) is 5.73 Å². The summed E-state index contributed by atoms with van der Waals surface area (Å²) in [6.07, 6.45) is 0. The molecule has 0 saturated carbocycles. The van der Waals surface area contributed by atoms with E-state index in [1.165, 1.54) is 12.1 Å². The predicted octanol–water partition coefficient (Wildman–Crippen LogP) is 4.11. The van der Waals surface area contributed by atoms with Gasteiger partial charge in [-0.15, -0.1) is 5.11 Å². The summed E-state index contributed by atoms with van der Waals surface area (Å²) in [5.74, 6) is 0.117. The lowest BCUT2D eigenvalue weighted by Crippen LogP contribution is -2.05. The lowest BCUT2D eigenvalue weighted by Gasteiger charge is -2.09. The van der Waals surface area contributed by atoms with Gasteiger partial charge in [-0.1, -0.05) is 13.0 Å². The molecule has 0 aliphatic heterocycles. The molecule has 2 aromatic carbocycles. The number of aromatic hydroxyl groups is 1. The topological polar surface area (TPSA) is 105 Å². The van der Waals surface area contributed by atoms with Crippen molar-refractivity contribution in [1.29, 1.82) is 0 Å². The molecule has 0 atom stereocenters. The van der Waals surface area contributed by atoms with E-state index in [1.54, 1.807) is 32.9 Å². The average molecular weight is 347 g/mol. The molecule has 0 bridgehead atoms. The van der Waals surface area contributed by atoms with Crippen molar-refractivity contribution in [2.75, 3.05) is 11.5 Å². The molecular weight excluding hydrogens is 326 g/mol. The maximum absolute atomic E-state index is 12.2. The Morgan fingerprint density at radius 3 is 2.21 bits per heavy atom. The van der Waals surface area contributed by atoms with E-state index in [1.807, 2.05) is 6.92 Å². The van der Waals surface area contributed by atoms with Crippen molar-refractivity contribution in [3.05, 3.63) is 41.0 Å². The van der Waals surface area contributed by atoms with Crippen molar-refractivity contribution in [3.8, 4) is 5.75 Å². The molecule has 24 heavy (non-hydrogen) atoms. The Hall–Kier alpha value is -2.41. The van der Waals surface area contributed by atoms with Crippen LogP contribution >= 0.6 is 0 Å². The maximum atomic E-state index is 12.2. The number of hydrogen-bond acceptors (Lipinski definition) is 6. The first-order chi connectivity index (χ1) is 11.2. The predicted molar refractivity (Wildman–Crippen MR) is 95.1 cm³/mol. The summed E-state index contributed by atoms with van der Waals surface area (Å²) < 4.78 is 24.4. The Bertz CT molecular complexity index is 919. The Kier molecular flexibility index (Phi) is 4.94. The average Bonchev–Trinajstić information content (AvgIpc) is 2.50. The molecule has 0 radical (unpaired) electrons. The molecule has 6 nitrogen and oxygen atoms in total. The van der Waals surface area contributed by atoms with Crippen LogP contribution in [0, 0.1) is 20.8 Å². The first-order valence-electron chi connectivity index (χ1n) is 7.50. The molecule has 0 saturated heterocycles. The minimum atomic E-state index is -3.33. The zero-order valence-electron chi connectivity index (χ0n) is 14.2. The van der Waals surface area contributed by atoms with Gasteiger partial charge >= 0.3 is 0 Å². The Morgan fingerprint density at radius 2 is 1.58 bits per heavy atom. The molecule has 3 N–H and O–H groups in total. The van der Waals surface area contributed by atoms with E-state index in [0.717, 1.165) is 5.56 Å². The first-order valence-corrected chi connectivity index (χ1v) is 9.15. The maximum Gasteiger partial charge on any atom is 0.178 e. The van der Waals surface area contributed by atoms with E-state index in [0.29, 0.717) is 28.2 Å². The van der Waals surface area contributed by atoms with E-state index >= 15 is 0 Å². The zero-order chi connectivity index (χ0) is 18.1. The summed E-state index contributed by atoms with van der Waals surface area (Å²) in [6.45, 7) is 6.94. The molecule has 0 spiro atoms. The van der Waals surface area contributed by atoms with Gasteiger partial charge in [-0.05, 0) is 49.6 Å². The Labute approximate surface area is 142 Å². The lowest BCUT2D eigenvalue weighted by molar-refractivity contribution is 0.471. The van der Waals surface area contributed by atoms with Crippen LogP contribution in [-0.2, 0) is 9.84 Å². The molecule has 0 aliphatic rings. The Balaban J connectivity index is 2.51. The highest BCUT2D eigenvalue weighted by Gasteiger charge is 2.16. The molecular formula is C17H21N3O3S. The second-order valence-corrected chi connectivity index (χ2v) is 7.95. The molecule has 0 unspecified atom stereocenters. The van der Waals surface area contributed by atoms with Gasteiger partial charge in [-0.25, -0.2) is 8.42 Å². The number of nitrogens with zero attached hydrogens (tertiary/aromatic N) is 2. The summed E-state index contributed by atoms with van der Waals surface area (Å²) in [7, 11) is -3.33. The van der Waals surface area contributed by atoms with Crippen molar-refractivity contribution in [2.45, 2.75) is 32.6 Å². The molecule has 0 aliphatic carbocycles. The Morgan fingerprint density at radius 1 is 0.958 bits per heavy atom. The van der Waals surface area contributed by atoms with Gasteiger partial charge in [-0.2, -0.15) is 5.11 Å². The van der Waals surface area contributed by atoms with Crippen molar-refractivity contribution >= 4 is 26.9 Å². The third-order valence-corrected chi connectivity index (χ3v) is 5.69. The van der Waals surface area contributed by atoms with Gasteiger partial charge in [0.1, 0.15) is 11.4 Å². The van der Waals surface area contributed by atoms with Crippen LogP contribution in [0.2, 0.25) is 0 Å². The monoisotopic (exact) mass is 347 g/mol. The SMILES string of the molecule is CCS(=O)(=O)c1cc(N=Nc2cc(C)c(O)cc2N)c(C)cc1C. The van der Waals surface area contributed by atoms with Gasteiger partial charge in [0.05, 0.1) is 22.0 Å². The second kappa shape index (κ2) is 6.60. The number of phenols is 1. The van der Waals surface area contributed by atoms with Crippen LogP contribution in [0.5, 0.6) is 5.75 Å². The fraction of sp³-hybridized carbons (Fsp3) is 0.294. The summed E-state index contributed by atoms with van der Waals surface area (Å²) in [5, 5.41) is 17.9. The van der Waals surface area contributed by atoms with Crippen LogP contribution in [0.4, 0.5) is 17.1 Å². The van der Waals surface area contributed by atoms with Crippen LogP contribution in [0.3, 0.4) is 0 Å². The van der Waals surface area contributed by atoms with Crippen LogP contribution < -0.4 is 5.73 Å². The van der Waals surface area contributed by atoms with Crippen LogP contribution in [0.1, 0.15) is 23.6 Å². The van der Waals surface area contributed by atoms with E-state index in [9.17, 15) is 13.5 Å². The van der Waals surface area contributed by atoms with Crippen LogP contribution in [0.15, 0.2) is 39.4 Å². The number of nitrogens with two attached hydrogens (primary N) is 1. The first kappa shape index (κ1) is 17.9. The van der Waals surface area contributed by atoms with Gasteiger partial charge < -0.3 is 10.8 Å². The highest BCUT2D eigenvalue weighted by Crippen LogP contribution is 2.33. The molecule has 0 aromatic heterocycles. The summed E-state index contributed by atoms with van der Waals surface area (Å²) in [4.78, 5) is 0.263. The second-order valence-electron chi connectivity index (χ2n) is 5.71.